The highest BCUT2D eigenvalue weighted by atomic mass is 32.2. The maximum absolute atomic E-state index is 12.1. The molecule has 0 aliphatic heterocycles. The molecule has 0 saturated heterocycles. The predicted molar refractivity (Wildman–Crippen MR) is 140 cm³/mol. The molecule has 0 bridgehead atoms. The molecule has 2 aromatic heterocycles. The molecule has 4 rings (SSSR count). The van der Waals surface area contributed by atoms with Gasteiger partial charge in [0.1, 0.15) is 27.9 Å². The summed E-state index contributed by atoms with van der Waals surface area (Å²) in [7, 11) is 3.13. The van der Waals surface area contributed by atoms with E-state index in [0.29, 0.717) is 46.1 Å². The molecule has 2 heterocycles. The van der Waals surface area contributed by atoms with Gasteiger partial charge in [0.25, 0.3) is 0 Å². The van der Waals surface area contributed by atoms with Crippen molar-refractivity contribution in [2.75, 3.05) is 14.2 Å². The minimum absolute atomic E-state index is 0.0182. The van der Waals surface area contributed by atoms with E-state index in [1.807, 2.05) is 23.6 Å². The van der Waals surface area contributed by atoms with Gasteiger partial charge < -0.3 is 23.6 Å². The topological polar surface area (TPSA) is 117 Å². The molecular weight excluding hydrogens is 494 g/mol. The lowest BCUT2D eigenvalue weighted by atomic mass is 10.1. The number of thioether (sulfide) groups is 1. The third-order valence-corrected chi connectivity index (χ3v) is 6.53. The first-order chi connectivity index (χ1) is 17.8. The molecule has 0 saturated carbocycles. The quantitative estimate of drug-likeness (QED) is 0.161. The van der Waals surface area contributed by atoms with E-state index in [1.165, 1.54) is 13.0 Å². The summed E-state index contributed by atoms with van der Waals surface area (Å²) in [6, 6.07) is 15.8. The van der Waals surface area contributed by atoms with Gasteiger partial charge in [-0.15, -0.1) is 10.2 Å². The SMILES string of the molecule is CCn1c(S/C(=C\c2ccc(-c3ccc(C(C)=O)cc3)o2)C(=O)O)nnc1-c1cc(OC)cc(OC)c1. The molecule has 0 spiro atoms. The first-order valence-electron chi connectivity index (χ1n) is 11.3. The molecule has 10 heteroatoms. The zero-order chi connectivity index (χ0) is 26.5. The number of furan rings is 1. The van der Waals surface area contributed by atoms with Gasteiger partial charge in [0.15, 0.2) is 16.8 Å². The third-order valence-electron chi connectivity index (χ3n) is 5.53. The monoisotopic (exact) mass is 519 g/mol. The lowest BCUT2D eigenvalue weighted by Gasteiger charge is -2.10. The maximum Gasteiger partial charge on any atom is 0.342 e. The Morgan fingerprint density at radius 3 is 2.24 bits per heavy atom. The van der Waals surface area contributed by atoms with Gasteiger partial charge in [-0.2, -0.15) is 0 Å². The second kappa shape index (κ2) is 11.2. The fourth-order valence-electron chi connectivity index (χ4n) is 3.62. The van der Waals surface area contributed by atoms with Gasteiger partial charge in [-0.25, -0.2) is 4.79 Å². The number of carboxylic acids is 1. The molecule has 0 radical (unpaired) electrons. The minimum Gasteiger partial charge on any atom is -0.497 e. The molecule has 190 valence electrons. The molecule has 2 aromatic carbocycles. The summed E-state index contributed by atoms with van der Waals surface area (Å²) in [6.45, 7) is 3.94. The lowest BCUT2D eigenvalue weighted by molar-refractivity contribution is -0.131. The molecule has 9 nitrogen and oxygen atoms in total. The summed E-state index contributed by atoms with van der Waals surface area (Å²) in [5.41, 5.74) is 2.11. The maximum atomic E-state index is 12.1. The van der Waals surface area contributed by atoms with Crippen LogP contribution in [0.25, 0.3) is 28.8 Å². The highest BCUT2D eigenvalue weighted by Crippen LogP contribution is 2.34. The van der Waals surface area contributed by atoms with Crippen molar-refractivity contribution < 1.29 is 28.6 Å². The average Bonchev–Trinajstić information content (AvgIpc) is 3.54. The van der Waals surface area contributed by atoms with E-state index in [0.717, 1.165) is 22.9 Å². The minimum atomic E-state index is -1.12. The number of carbonyl (C=O) groups is 2. The van der Waals surface area contributed by atoms with Crippen LogP contribution >= 0.6 is 11.8 Å². The Kier molecular flexibility index (Phi) is 7.78. The Labute approximate surface area is 217 Å². The van der Waals surface area contributed by atoms with Crippen LogP contribution in [0.5, 0.6) is 11.5 Å². The second-order valence-electron chi connectivity index (χ2n) is 7.90. The van der Waals surface area contributed by atoms with Gasteiger partial charge in [0, 0.05) is 35.4 Å². The van der Waals surface area contributed by atoms with Crippen LogP contribution < -0.4 is 9.47 Å². The standard InChI is InChI=1S/C27H25N3O6S/c1-5-30-25(19-12-21(34-3)14-22(13-19)35-4)28-29-27(30)37-24(26(32)33)15-20-10-11-23(36-20)18-8-6-17(7-9-18)16(2)31/h6-15H,5H2,1-4H3,(H,32,33)/b24-15-. The van der Waals surface area contributed by atoms with Crippen molar-refractivity contribution in [3.8, 4) is 34.2 Å². The average molecular weight is 520 g/mol. The number of carboxylic acid groups (broad SMARTS) is 1. The predicted octanol–water partition coefficient (Wildman–Crippen LogP) is 5.66. The van der Waals surface area contributed by atoms with E-state index < -0.39 is 5.97 Å². The molecule has 0 amide bonds. The lowest BCUT2D eigenvalue weighted by Crippen LogP contribution is -2.03. The number of methoxy groups -OCH3 is 2. The van der Waals surface area contributed by atoms with Crippen molar-refractivity contribution >= 4 is 29.6 Å². The number of aliphatic carboxylic acids is 1. The fraction of sp³-hybridized carbons (Fsp3) is 0.185. The molecule has 37 heavy (non-hydrogen) atoms. The van der Waals surface area contributed by atoms with Gasteiger partial charge in [-0.3, -0.25) is 4.79 Å². The summed E-state index contributed by atoms with van der Waals surface area (Å²) >= 11 is 0.979. The van der Waals surface area contributed by atoms with E-state index in [2.05, 4.69) is 10.2 Å². The summed E-state index contributed by atoms with van der Waals surface area (Å²) in [6.07, 6.45) is 1.45. The van der Waals surface area contributed by atoms with Crippen LogP contribution in [0.1, 0.15) is 30.0 Å². The Morgan fingerprint density at radius 2 is 1.68 bits per heavy atom. The molecule has 0 atom stereocenters. The van der Waals surface area contributed by atoms with E-state index in [-0.39, 0.29) is 10.7 Å². The van der Waals surface area contributed by atoms with Gasteiger partial charge in [-0.1, -0.05) is 24.3 Å². The van der Waals surface area contributed by atoms with Crippen LogP contribution in [0.3, 0.4) is 0 Å². The van der Waals surface area contributed by atoms with Crippen molar-refractivity contribution in [3.63, 3.8) is 0 Å². The highest BCUT2D eigenvalue weighted by molar-refractivity contribution is 8.04. The number of ether oxygens (including phenoxy) is 2. The molecule has 0 fully saturated rings. The number of benzene rings is 2. The number of Topliss-reactive ketones (excluding diaryl/α,β-unsaturated/α-hetero) is 1. The van der Waals surface area contributed by atoms with Crippen molar-refractivity contribution in [2.24, 2.45) is 0 Å². The number of rotatable bonds is 10. The van der Waals surface area contributed by atoms with Crippen molar-refractivity contribution in [1.29, 1.82) is 0 Å². The van der Waals surface area contributed by atoms with E-state index in [4.69, 9.17) is 13.9 Å². The van der Waals surface area contributed by atoms with E-state index >= 15 is 0 Å². The van der Waals surface area contributed by atoms with Crippen molar-refractivity contribution in [3.05, 3.63) is 70.8 Å². The zero-order valence-electron chi connectivity index (χ0n) is 20.7. The number of hydrogen-bond donors (Lipinski definition) is 1. The normalized spacial score (nSPS) is 11.4. The number of nitrogens with zero attached hydrogens (tertiary/aromatic N) is 3. The highest BCUT2D eigenvalue weighted by Gasteiger charge is 2.20. The zero-order valence-corrected chi connectivity index (χ0v) is 21.5. The number of ketones is 1. The summed E-state index contributed by atoms with van der Waals surface area (Å²) < 4.78 is 18.4. The molecule has 0 unspecified atom stereocenters. The Bertz CT molecular complexity index is 1450. The van der Waals surface area contributed by atoms with Crippen molar-refractivity contribution in [2.45, 2.75) is 25.5 Å². The Balaban J connectivity index is 1.63. The molecule has 0 aliphatic carbocycles. The van der Waals surface area contributed by atoms with Crippen molar-refractivity contribution in [1.82, 2.24) is 14.8 Å². The number of aromatic nitrogens is 3. The van der Waals surface area contributed by atoms with Crippen LogP contribution in [0.4, 0.5) is 0 Å². The number of hydrogen-bond acceptors (Lipinski definition) is 8. The molecule has 4 aromatic rings. The van der Waals surface area contributed by atoms with E-state index in [9.17, 15) is 14.7 Å². The summed E-state index contributed by atoms with van der Waals surface area (Å²) in [5, 5.41) is 18.8. The Hall–Kier alpha value is -4.31. The van der Waals surface area contributed by atoms with Gasteiger partial charge in [0.2, 0.25) is 0 Å². The smallest absolute Gasteiger partial charge is 0.342 e. The molecular formula is C27H25N3O6S. The van der Waals surface area contributed by atoms with Crippen LogP contribution in [-0.2, 0) is 11.3 Å². The van der Waals surface area contributed by atoms with Crippen LogP contribution in [0.15, 0.2) is 69.1 Å². The van der Waals surface area contributed by atoms with Crippen LogP contribution in [0.2, 0.25) is 0 Å². The Morgan fingerprint density at radius 1 is 1.00 bits per heavy atom. The number of carbonyl (C=O) groups excluding carboxylic acids is 1. The van der Waals surface area contributed by atoms with Gasteiger partial charge in [-0.05, 0) is 49.9 Å². The summed E-state index contributed by atoms with van der Waals surface area (Å²) in [4.78, 5) is 23.6. The van der Waals surface area contributed by atoms with Crippen LogP contribution in [0, 0.1) is 0 Å². The second-order valence-corrected chi connectivity index (χ2v) is 8.91. The molecule has 1 N–H and O–H groups in total. The van der Waals surface area contributed by atoms with Gasteiger partial charge in [0.05, 0.1) is 14.2 Å². The van der Waals surface area contributed by atoms with E-state index in [1.54, 1.807) is 56.7 Å². The molecule has 0 aliphatic rings. The summed E-state index contributed by atoms with van der Waals surface area (Å²) in [5.74, 6) is 1.55. The third kappa shape index (κ3) is 5.75. The first kappa shape index (κ1) is 25.8. The van der Waals surface area contributed by atoms with Crippen LogP contribution in [-0.4, -0.2) is 45.8 Å². The van der Waals surface area contributed by atoms with Gasteiger partial charge >= 0.3 is 5.97 Å². The fourth-order valence-corrected chi connectivity index (χ4v) is 4.48. The largest absolute Gasteiger partial charge is 0.497 e. The first-order valence-corrected chi connectivity index (χ1v) is 12.1.